The van der Waals surface area contributed by atoms with Crippen molar-refractivity contribution in [3.63, 3.8) is 0 Å². The number of ether oxygens (including phenoxy) is 1. The number of thiophene rings is 1. The Labute approximate surface area is 93.4 Å². The van der Waals surface area contributed by atoms with Gasteiger partial charge in [0.1, 0.15) is 5.00 Å². The SMILES string of the molecule is CCOC(=O)c1c(NN)sc(C)c1CC. The molecule has 5 heteroatoms. The van der Waals surface area contributed by atoms with Crippen LogP contribution in [-0.4, -0.2) is 12.6 Å². The number of carbonyl (C=O) groups is 1. The molecule has 0 saturated heterocycles. The second-order valence-electron chi connectivity index (χ2n) is 3.06. The van der Waals surface area contributed by atoms with Gasteiger partial charge in [-0.25, -0.2) is 10.6 Å². The van der Waals surface area contributed by atoms with E-state index in [0.717, 1.165) is 16.9 Å². The molecule has 0 spiro atoms. The van der Waals surface area contributed by atoms with E-state index < -0.39 is 0 Å². The lowest BCUT2D eigenvalue weighted by atomic mass is 10.1. The molecule has 1 aromatic heterocycles. The zero-order valence-electron chi connectivity index (χ0n) is 9.22. The number of hydrogen-bond donors (Lipinski definition) is 2. The van der Waals surface area contributed by atoms with Crippen molar-refractivity contribution in [3.05, 3.63) is 16.0 Å². The van der Waals surface area contributed by atoms with Crippen LogP contribution in [-0.2, 0) is 11.2 Å². The number of nitrogens with two attached hydrogens (primary N) is 1. The predicted octanol–water partition coefficient (Wildman–Crippen LogP) is 2.08. The number of hydrazine groups is 1. The third-order valence-electron chi connectivity index (χ3n) is 2.17. The lowest BCUT2D eigenvalue weighted by Crippen LogP contribution is -2.13. The van der Waals surface area contributed by atoms with Gasteiger partial charge < -0.3 is 10.2 Å². The first-order valence-corrected chi connectivity index (χ1v) is 5.73. The number of nitrogen functional groups attached to an aromatic ring is 1. The molecule has 0 saturated carbocycles. The van der Waals surface area contributed by atoms with E-state index in [9.17, 15) is 4.79 Å². The molecule has 0 radical (unpaired) electrons. The molecular weight excluding hydrogens is 212 g/mol. The molecule has 0 amide bonds. The molecule has 1 heterocycles. The minimum atomic E-state index is -0.299. The van der Waals surface area contributed by atoms with Crippen LogP contribution in [0.3, 0.4) is 0 Å². The topological polar surface area (TPSA) is 64.3 Å². The van der Waals surface area contributed by atoms with E-state index in [1.165, 1.54) is 11.3 Å². The molecule has 0 fully saturated rings. The van der Waals surface area contributed by atoms with Crippen molar-refractivity contribution in [3.8, 4) is 0 Å². The number of nitrogens with one attached hydrogen (secondary N) is 1. The Morgan fingerprint density at radius 3 is 2.67 bits per heavy atom. The smallest absolute Gasteiger partial charge is 0.341 e. The number of rotatable bonds is 4. The lowest BCUT2D eigenvalue weighted by Gasteiger charge is -2.05. The fourth-order valence-corrected chi connectivity index (χ4v) is 2.57. The van der Waals surface area contributed by atoms with E-state index in [1.807, 2.05) is 13.8 Å². The molecule has 1 rings (SSSR count). The molecule has 84 valence electrons. The Morgan fingerprint density at radius 2 is 2.20 bits per heavy atom. The summed E-state index contributed by atoms with van der Waals surface area (Å²) in [7, 11) is 0. The van der Waals surface area contributed by atoms with Crippen LogP contribution in [0.2, 0.25) is 0 Å². The van der Waals surface area contributed by atoms with Crippen molar-refractivity contribution in [1.82, 2.24) is 0 Å². The van der Waals surface area contributed by atoms with Crippen LogP contribution < -0.4 is 11.3 Å². The third kappa shape index (κ3) is 2.30. The monoisotopic (exact) mass is 228 g/mol. The van der Waals surface area contributed by atoms with Crippen LogP contribution in [0.5, 0.6) is 0 Å². The Bertz CT molecular complexity index is 361. The van der Waals surface area contributed by atoms with Gasteiger partial charge in [-0.2, -0.15) is 0 Å². The van der Waals surface area contributed by atoms with Gasteiger partial charge in [0.15, 0.2) is 0 Å². The Balaban J connectivity index is 3.17. The van der Waals surface area contributed by atoms with Crippen molar-refractivity contribution < 1.29 is 9.53 Å². The van der Waals surface area contributed by atoms with Crippen LogP contribution in [0.25, 0.3) is 0 Å². The maximum Gasteiger partial charge on any atom is 0.341 e. The molecule has 0 aromatic carbocycles. The second kappa shape index (κ2) is 5.14. The van der Waals surface area contributed by atoms with Gasteiger partial charge in [-0.05, 0) is 25.8 Å². The van der Waals surface area contributed by atoms with E-state index in [0.29, 0.717) is 17.2 Å². The van der Waals surface area contributed by atoms with E-state index in [2.05, 4.69) is 5.43 Å². The van der Waals surface area contributed by atoms with E-state index in [-0.39, 0.29) is 5.97 Å². The number of anilines is 1. The summed E-state index contributed by atoms with van der Waals surface area (Å²) in [5.41, 5.74) is 4.16. The predicted molar refractivity (Wildman–Crippen MR) is 62.2 cm³/mol. The average molecular weight is 228 g/mol. The largest absolute Gasteiger partial charge is 0.462 e. The molecule has 0 bridgehead atoms. The molecule has 1 aromatic rings. The first kappa shape index (κ1) is 12.0. The third-order valence-corrected chi connectivity index (χ3v) is 3.25. The van der Waals surface area contributed by atoms with Gasteiger partial charge in [-0.3, -0.25) is 0 Å². The van der Waals surface area contributed by atoms with Crippen LogP contribution >= 0.6 is 11.3 Å². The minimum Gasteiger partial charge on any atom is -0.462 e. The van der Waals surface area contributed by atoms with Crippen molar-refractivity contribution in [2.24, 2.45) is 5.84 Å². The molecule has 0 atom stereocenters. The highest BCUT2D eigenvalue weighted by molar-refractivity contribution is 7.16. The van der Waals surface area contributed by atoms with Crippen molar-refractivity contribution >= 4 is 22.3 Å². The fraction of sp³-hybridized carbons (Fsp3) is 0.500. The van der Waals surface area contributed by atoms with Crippen molar-refractivity contribution in [2.75, 3.05) is 12.0 Å². The highest BCUT2D eigenvalue weighted by atomic mass is 32.1. The Kier molecular flexibility index (Phi) is 4.11. The molecule has 4 nitrogen and oxygen atoms in total. The van der Waals surface area contributed by atoms with Crippen LogP contribution in [0.15, 0.2) is 0 Å². The van der Waals surface area contributed by atoms with E-state index >= 15 is 0 Å². The maximum atomic E-state index is 11.7. The minimum absolute atomic E-state index is 0.299. The summed E-state index contributed by atoms with van der Waals surface area (Å²) in [5.74, 6) is 5.07. The highest BCUT2D eigenvalue weighted by Gasteiger charge is 2.21. The molecule has 3 N–H and O–H groups in total. The van der Waals surface area contributed by atoms with Crippen LogP contribution in [0.1, 0.15) is 34.6 Å². The average Bonchev–Trinajstić information content (AvgIpc) is 2.54. The summed E-state index contributed by atoms with van der Waals surface area (Å²) in [4.78, 5) is 12.8. The molecule has 0 aliphatic rings. The van der Waals surface area contributed by atoms with Gasteiger partial charge in [0.2, 0.25) is 0 Å². The van der Waals surface area contributed by atoms with Gasteiger partial charge in [0, 0.05) is 4.88 Å². The van der Waals surface area contributed by atoms with E-state index in [1.54, 1.807) is 6.92 Å². The van der Waals surface area contributed by atoms with Crippen LogP contribution in [0.4, 0.5) is 5.00 Å². The first-order valence-electron chi connectivity index (χ1n) is 4.91. The second-order valence-corrected chi connectivity index (χ2v) is 4.28. The molecule has 0 unspecified atom stereocenters. The lowest BCUT2D eigenvalue weighted by molar-refractivity contribution is 0.0527. The van der Waals surface area contributed by atoms with Gasteiger partial charge in [-0.15, -0.1) is 11.3 Å². The zero-order valence-corrected chi connectivity index (χ0v) is 10.0. The number of aryl methyl sites for hydroxylation is 1. The maximum absolute atomic E-state index is 11.7. The Hall–Kier alpha value is -1.07. The summed E-state index contributed by atoms with van der Waals surface area (Å²) < 4.78 is 5.00. The standard InChI is InChI=1S/C10H16N2O2S/c1-4-7-6(3)15-9(12-11)8(7)10(13)14-5-2/h12H,4-5,11H2,1-3H3. The fourth-order valence-electron chi connectivity index (χ4n) is 1.53. The summed E-state index contributed by atoms with van der Waals surface area (Å²) in [6, 6.07) is 0. The van der Waals surface area contributed by atoms with Gasteiger partial charge in [0.25, 0.3) is 0 Å². The summed E-state index contributed by atoms with van der Waals surface area (Å²) in [5, 5.41) is 0.683. The summed E-state index contributed by atoms with van der Waals surface area (Å²) in [6.45, 7) is 6.16. The Morgan fingerprint density at radius 1 is 1.53 bits per heavy atom. The van der Waals surface area contributed by atoms with E-state index in [4.69, 9.17) is 10.6 Å². The molecule has 0 aliphatic carbocycles. The normalized spacial score (nSPS) is 10.1. The van der Waals surface area contributed by atoms with Crippen LogP contribution in [0, 0.1) is 6.92 Å². The quantitative estimate of drug-likeness (QED) is 0.470. The summed E-state index contributed by atoms with van der Waals surface area (Å²) in [6.07, 6.45) is 0.804. The van der Waals surface area contributed by atoms with Gasteiger partial charge in [-0.1, -0.05) is 6.92 Å². The number of hydrogen-bond acceptors (Lipinski definition) is 5. The van der Waals surface area contributed by atoms with Crippen molar-refractivity contribution in [2.45, 2.75) is 27.2 Å². The first-order chi connectivity index (χ1) is 7.15. The van der Waals surface area contributed by atoms with Crippen molar-refractivity contribution in [1.29, 1.82) is 0 Å². The summed E-state index contributed by atoms with van der Waals surface area (Å²) >= 11 is 1.48. The van der Waals surface area contributed by atoms with Gasteiger partial charge >= 0.3 is 5.97 Å². The number of esters is 1. The molecular formula is C10H16N2O2S. The molecule has 0 aliphatic heterocycles. The number of carbonyl (C=O) groups excluding carboxylic acids is 1. The molecule has 15 heavy (non-hydrogen) atoms. The zero-order chi connectivity index (χ0) is 11.4. The van der Waals surface area contributed by atoms with Gasteiger partial charge in [0.05, 0.1) is 12.2 Å². The highest BCUT2D eigenvalue weighted by Crippen LogP contribution is 2.33.